The zero-order valence-electron chi connectivity index (χ0n) is 13.3. The maximum absolute atomic E-state index is 11.9. The van der Waals surface area contributed by atoms with Gasteiger partial charge in [-0.25, -0.2) is 10.9 Å². The van der Waals surface area contributed by atoms with Crippen LogP contribution in [-0.2, 0) is 0 Å². The molecule has 1 aromatic heterocycles. The van der Waals surface area contributed by atoms with Gasteiger partial charge in [-0.2, -0.15) is 10.2 Å². The lowest BCUT2D eigenvalue weighted by Crippen LogP contribution is -2.20. The van der Waals surface area contributed by atoms with E-state index in [-0.39, 0.29) is 11.5 Å². The minimum Gasteiger partial charge on any atom is -0.446 e. The molecule has 7 nitrogen and oxygen atoms in total. The molecule has 0 aliphatic heterocycles. The molecular weight excluding hydrogens is 296 g/mol. The number of nitrogens with zero attached hydrogens (tertiary/aromatic N) is 2. The molecular formula is C16H20N4O3. The Labute approximate surface area is 134 Å². The van der Waals surface area contributed by atoms with Gasteiger partial charge in [0.15, 0.2) is 11.5 Å². The van der Waals surface area contributed by atoms with E-state index >= 15 is 0 Å². The van der Waals surface area contributed by atoms with Gasteiger partial charge in [-0.15, -0.1) is 0 Å². The van der Waals surface area contributed by atoms with Crippen molar-refractivity contribution in [1.29, 1.82) is 0 Å². The summed E-state index contributed by atoms with van der Waals surface area (Å²) >= 11 is 0. The Kier molecular flexibility index (Phi) is 4.27. The highest BCUT2D eigenvalue weighted by atomic mass is 16.4. The molecule has 2 saturated carbocycles. The van der Waals surface area contributed by atoms with Crippen molar-refractivity contribution < 1.29 is 14.0 Å². The van der Waals surface area contributed by atoms with Crippen molar-refractivity contribution in [2.75, 3.05) is 0 Å². The zero-order chi connectivity index (χ0) is 16.4. The summed E-state index contributed by atoms with van der Waals surface area (Å²) in [5, 5.41) is 8.07. The molecule has 1 aromatic rings. The van der Waals surface area contributed by atoms with Crippen molar-refractivity contribution >= 4 is 23.2 Å². The number of nitrogens with one attached hydrogen (secondary N) is 2. The van der Waals surface area contributed by atoms with E-state index in [1.807, 2.05) is 13.8 Å². The molecule has 7 heteroatoms. The number of carbonyl (C=O) groups is 2. The summed E-state index contributed by atoms with van der Waals surface area (Å²) in [5.74, 6) is 0.126. The summed E-state index contributed by atoms with van der Waals surface area (Å²) in [7, 11) is 0. The molecule has 2 aliphatic rings. The van der Waals surface area contributed by atoms with E-state index in [1.165, 1.54) is 12.1 Å². The predicted molar refractivity (Wildman–Crippen MR) is 85.3 cm³/mol. The Morgan fingerprint density at radius 1 is 0.913 bits per heavy atom. The summed E-state index contributed by atoms with van der Waals surface area (Å²) in [6.45, 7) is 3.78. The van der Waals surface area contributed by atoms with Crippen LogP contribution < -0.4 is 10.9 Å². The molecule has 2 fully saturated rings. The van der Waals surface area contributed by atoms with Crippen LogP contribution in [0.25, 0.3) is 0 Å². The molecule has 2 N–H and O–H groups in total. The average molecular weight is 316 g/mol. The minimum absolute atomic E-state index is 0.0467. The fourth-order valence-corrected chi connectivity index (χ4v) is 2.15. The smallest absolute Gasteiger partial charge is 0.307 e. The van der Waals surface area contributed by atoms with Crippen LogP contribution in [0.4, 0.5) is 0 Å². The number of hydrogen-bond donors (Lipinski definition) is 2. The van der Waals surface area contributed by atoms with E-state index in [2.05, 4.69) is 21.1 Å². The van der Waals surface area contributed by atoms with Gasteiger partial charge in [0.05, 0.1) is 0 Å². The number of furan rings is 1. The summed E-state index contributed by atoms with van der Waals surface area (Å²) in [5.41, 5.74) is 6.70. The predicted octanol–water partition coefficient (Wildman–Crippen LogP) is 2.31. The fourth-order valence-electron chi connectivity index (χ4n) is 2.15. The first-order chi connectivity index (χ1) is 11.0. The van der Waals surface area contributed by atoms with Gasteiger partial charge < -0.3 is 4.42 Å². The maximum Gasteiger partial charge on any atom is 0.307 e. The zero-order valence-corrected chi connectivity index (χ0v) is 13.3. The Morgan fingerprint density at radius 2 is 1.30 bits per heavy atom. The van der Waals surface area contributed by atoms with Crippen molar-refractivity contribution in [3.63, 3.8) is 0 Å². The maximum atomic E-state index is 11.9. The van der Waals surface area contributed by atoms with Gasteiger partial charge in [0.1, 0.15) is 0 Å². The first-order valence-electron chi connectivity index (χ1n) is 7.83. The molecule has 3 rings (SSSR count). The Balaban J connectivity index is 1.56. The van der Waals surface area contributed by atoms with Crippen molar-refractivity contribution in [1.82, 2.24) is 10.9 Å². The second-order valence-electron chi connectivity index (χ2n) is 6.10. The molecule has 0 atom stereocenters. The highest BCUT2D eigenvalue weighted by Crippen LogP contribution is 2.30. The molecule has 2 amide bonds. The molecule has 122 valence electrons. The van der Waals surface area contributed by atoms with Crippen molar-refractivity contribution in [3.05, 3.63) is 23.7 Å². The van der Waals surface area contributed by atoms with Crippen LogP contribution in [0.2, 0.25) is 0 Å². The Hall–Kier alpha value is -2.44. The van der Waals surface area contributed by atoms with Gasteiger partial charge in [-0.3, -0.25) is 9.59 Å². The average Bonchev–Trinajstić information content (AvgIpc) is 3.46. The highest BCUT2D eigenvalue weighted by molar-refractivity contribution is 5.97. The van der Waals surface area contributed by atoms with E-state index in [0.717, 1.165) is 37.1 Å². The molecule has 23 heavy (non-hydrogen) atoms. The van der Waals surface area contributed by atoms with Crippen LogP contribution in [0.1, 0.15) is 60.6 Å². The number of amides is 2. The van der Waals surface area contributed by atoms with Crippen molar-refractivity contribution in [3.8, 4) is 0 Å². The second-order valence-corrected chi connectivity index (χ2v) is 6.10. The van der Waals surface area contributed by atoms with Gasteiger partial charge in [-0.1, -0.05) is 0 Å². The lowest BCUT2D eigenvalue weighted by molar-refractivity contribution is 0.0902. The molecule has 0 spiro atoms. The van der Waals surface area contributed by atoms with E-state index in [1.54, 1.807) is 0 Å². The molecule has 2 aliphatic carbocycles. The van der Waals surface area contributed by atoms with Gasteiger partial charge in [0.2, 0.25) is 0 Å². The lowest BCUT2D eigenvalue weighted by Gasteiger charge is -2.00. The number of hydrogen-bond acceptors (Lipinski definition) is 5. The monoisotopic (exact) mass is 316 g/mol. The first-order valence-corrected chi connectivity index (χ1v) is 7.83. The van der Waals surface area contributed by atoms with Crippen LogP contribution in [0.5, 0.6) is 0 Å². The molecule has 0 unspecified atom stereocenters. The molecule has 0 aromatic carbocycles. The quantitative estimate of drug-likeness (QED) is 0.622. The number of carbonyl (C=O) groups excluding carboxylic acids is 2. The summed E-state index contributed by atoms with van der Waals surface area (Å²) in [6, 6.07) is 2.90. The van der Waals surface area contributed by atoms with Gasteiger partial charge in [-0.05, 0) is 63.5 Å². The third kappa shape index (κ3) is 4.06. The summed E-state index contributed by atoms with van der Waals surface area (Å²) in [4.78, 5) is 23.8. The van der Waals surface area contributed by atoms with E-state index in [4.69, 9.17) is 4.42 Å². The van der Waals surface area contributed by atoms with Crippen LogP contribution in [0.15, 0.2) is 26.8 Å². The molecule has 0 bridgehead atoms. The second kappa shape index (κ2) is 6.36. The highest BCUT2D eigenvalue weighted by Gasteiger charge is 2.25. The van der Waals surface area contributed by atoms with Gasteiger partial charge in [0.25, 0.3) is 0 Å². The molecule has 0 saturated heterocycles. The standard InChI is InChI=1S/C16H20N4O3/c1-9(11-3-4-11)17-19-15(21)13-7-8-14(23-13)16(22)20-18-10(2)12-5-6-12/h7-8,11-12H,3-6H2,1-2H3,(H,19,21)(H,20,22)/b17-9+,18-10+. The van der Waals surface area contributed by atoms with Gasteiger partial charge in [0, 0.05) is 11.4 Å². The van der Waals surface area contributed by atoms with Crippen LogP contribution in [0.3, 0.4) is 0 Å². The van der Waals surface area contributed by atoms with E-state index in [9.17, 15) is 9.59 Å². The SMILES string of the molecule is C/C(=N\NC(=O)c1ccc(C(=O)N/N=C(\C)C2CC2)o1)C1CC1. The fraction of sp³-hybridized carbons (Fsp3) is 0.500. The van der Waals surface area contributed by atoms with Crippen molar-refractivity contribution in [2.24, 2.45) is 22.0 Å². The third-order valence-electron chi connectivity index (χ3n) is 4.06. The largest absolute Gasteiger partial charge is 0.446 e. The van der Waals surface area contributed by atoms with Crippen LogP contribution in [0, 0.1) is 11.8 Å². The van der Waals surface area contributed by atoms with Crippen LogP contribution >= 0.6 is 0 Å². The van der Waals surface area contributed by atoms with Crippen LogP contribution in [-0.4, -0.2) is 23.2 Å². The minimum atomic E-state index is -0.471. The normalized spacial score (nSPS) is 18.7. The summed E-state index contributed by atoms with van der Waals surface area (Å²) in [6.07, 6.45) is 4.49. The third-order valence-corrected chi connectivity index (χ3v) is 4.06. The van der Waals surface area contributed by atoms with Crippen molar-refractivity contribution in [2.45, 2.75) is 39.5 Å². The topological polar surface area (TPSA) is 96.1 Å². The Bertz CT molecular complexity index is 625. The molecule has 1 heterocycles. The lowest BCUT2D eigenvalue weighted by atomic mass is 10.3. The van der Waals surface area contributed by atoms with E-state index in [0.29, 0.717) is 11.8 Å². The number of rotatable bonds is 6. The molecule has 0 radical (unpaired) electrons. The summed E-state index contributed by atoms with van der Waals surface area (Å²) < 4.78 is 5.26. The Morgan fingerprint density at radius 3 is 1.65 bits per heavy atom. The number of hydrazone groups is 2. The van der Waals surface area contributed by atoms with Gasteiger partial charge >= 0.3 is 11.8 Å². The van der Waals surface area contributed by atoms with E-state index < -0.39 is 11.8 Å². The first kappa shape index (κ1) is 15.5.